The van der Waals surface area contributed by atoms with Crippen LogP contribution in [0.2, 0.25) is 0 Å². The predicted octanol–water partition coefficient (Wildman–Crippen LogP) is 2.04. The van der Waals surface area contributed by atoms with Gasteiger partial charge in [-0.1, -0.05) is 5.21 Å². The zero-order valence-electron chi connectivity index (χ0n) is 13.6. The van der Waals surface area contributed by atoms with Crippen molar-refractivity contribution in [1.82, 2.24) is 19.9 Å². The SMILES string of the molecule is O=S1(=O)CCC(Cn2cc(-c3cc(CN4CCCC4)cs3)nn2)C1. The fourth-order valence-electron chi connectivity index (χ4n) is 3.57. The molecule has 0 bridgehead atoms. The van der Waals surface area contributed by atoms with Gasteiger partial charge in [-0.15, -0.1) is 16.4 Å². The molecular weight excluding hydrogens is 344 g/mol. The maximum absolute atomic E-state index is 11.6. The Morgan fingerprint density at radius 3 is 2.88 bits per heavy atom. The van der Waals surface area contributed by atoms with Crippen LogP contribution in [0.25, 0.3) is 10.6 Å². The van der Waals surface area contributed by atoms with Crippen LogP contribution < -0.4 is 0 Å². The van der Waals surface area contributed by atoms with Crippen molar-refractivity contribution in [2.24, 2.45) is 5.92 Å². The third kappa shape index (κ3) is 3.70. The molecule has 2 fully saturated rings. The highest BCUT2D eigenvalue weighted by Crippen LogP contribution is 2.27. The molecule has 0 amide bonds. The zero-order valence-corrected chi connectivity index (χ0v) is 15.2. The van der Waals surface area contributed by atoms with Crippen molar-refractivity contribution in [1.29, 1.82) is 0 Å². The molecule has 8 heteroatoms. The lowest BCUT2D eigenvalue weighted by molar-refractivity contribution is 0.332. The van der Waals surface area contributed by atoms with Gasteiger partial charge in [-0.25, -0.2) is 8.42 Å². The number of aromatic nitrogens is 3. The van der Waals surface area contributed by atoms with Crippen LogP contribution >= 0.6 is 11.3 Å². The summed E-state index contributed by atoms with van der Waals surface area (Å²) in [7, 11) is -2.83. The Hall–Kier alpha value is -1.25. The second-order valence-electron chi connectivity index (χ2n) is 6.90. The molecule has 1 unspecified atom stereocenters. The second kappa shape index (κ2) is 6.57. The fraction of sp³-hybridized carbons (Fsp3) is 0.625. The molecule has 0 saturated carbocycles. The normalized spacial score (nSPS) is 23.9. The average Bonchev–Trinajstić information content (AvgIpc) is 3.28. The molecule has 24 heavy (non-hydrogen) atoms. The van der Waals surface area contributed by atoms with Crippen LogP contribution in [0.3, 0.4) is 0 Å². The summed E-state index contributed by atoms with van der Waals surface area (Å²) in [5, 5.41) is 10.7. The minimum Gasteiger partial charge on any atom is -0.299 e. The molecule has 2 aliphatic heterocycles. The van der Waals surface area contributed by atoms with E-state index >= 15 is 0 Å². The summed E-state index contributed by atoms with van der Waals surface area (Å²) in [6.07, 6.45) is 5.29. The Kier molecular flexibility index (Phi) is 4.44. The topological polar surface area (TPSA) is 68.1 Å². The van der Waals surface area contributed by atoms with Crippen LogP contribution in [0.5, 0.6) is 0 Å². The van der Waals surface area contributed by atoms with Gasteiger partial charge in [-0.3, -0.25) is 9.58 Å². The van der Waals surface area contributed by atoms with Crippen LogP contribution in [0.4, 0.5) is 0 Å². The quantitative estimate of drug-likeness (QED) is 0.810. The standard InChI is InChI=1S/C16H22N4O2S2/c21-24(22)6-3-13(12-24)9-20-10-15(17-18-20)16-7-14(11-23-16)8-19-4-1-2-5-19/h7,10-11,13H,1-6,8-9,12H2. The van der Waals surface area contributed by atoms with Gasteiger partial charge < -0.3 is 0 Å². The highest BCUT2D eigenvalue weighted by Gasteiger charge is 2.28. The molecule has 2 saturated heterocycles. The smallest absolute Gasteiger partial charge is 0.150 e. The number of hydrogen-bond acceptors (Lipinski definition) is 6. The molecule has 0 N–H and O–H groups in total. The van der Waals surface area contributed by atoms with E-state index in [9.17, 15) is 8.42 Å². The summed E-state index contributed by atoms with van der Waals surface area (Å²) < 4.78 is 24.9. The summed E-state index contributed by atoms with van der Waals surface area (Å²) in [4.78, 5) is 3.62. The first kappa shape index (κ1) is 16.2. The lowest BCUT2D eigenvalue weighted by Gasteiger charge is -2.12. The van der Waals surface area contributed by atoms with E-state index in [1.165, 1.54) is 31.5 Å². The molecule has 4 rings (SSSR count). The number of rotatable bonds is 5. The van der Waals surface area contributed by atoms with Crippen LogP contribution in [0, 0.1) is 5.92 Å². The van der Waals surface area contributed by atoms with Gasteiger partial charge in [0, 0.05) is 13.1 Å². The Balaban J connectivity index is 1.40. The molecule has 6 nitrogen and oxygen atoms in total. The van der Waals surface area contributed by atoms with E-state index in [2.05, 4.69) is 26.7 Å². The summed E-state index contributed by atoms with van der Waals surface area (Å²) in [5.41, 5.74) is 2.22. The maximum Gasteiger partial charge on any atom is 0.150 e. The molecule has 2 aliphatic rings. The molecule has 0 radical (unpaired) electrons. The zero-order chi connectivity index (χ0) is 16.6. The molecular formula is C16H22N4O2S2. The molecule has 0 aliphatic carbocycles. The minimum absolute atomic E-state index is 0.165. The minimum atomic E-state index is -2.83. The first-order valence-corrected chi connectivity index (χ1v) is 11.2. The van der Waals surface area contributed by atoms with Crippen LogP contribution in [0.1, 0.15) is 24.8 Å². The third-order valence-electron chi connectivity index (χ3n) is 4.82. The van der Waals surface area contributed by atoms with Crippen molar-refractivity contribution in [2.75, 3.05) is 24.6 Å². The number of hydrogen-bond donors (Lipinski definition) is 0. The van der Waals surface area contributed by atoms with Crippen molar-refractivity contribution < 1.29 is 8.42 Å². The molecule has 1 atom stereocenters. The van der Waals surface area contributed by atoms with Gasteiger partial charge in [-0.05, 0) is 55.3 Å². The molecule has 130 valence electrons. The van der Waals surface area contributed by atoms with Gasteiger partial charge in [0.25, 0.3) is 0 Å². The van der Waals surface area contributed by atoms with E-state index in [4.69, 9.17) is 0 Å². The second-order valence-corrected chi connectivity index (χ2v) is 10.0. The predicted molar refractivity (Wildman–Crippen MR) is 94.6 cm³/mol. The molecule has 0 spiro atoms. The van der Waals surface area contributed by atoms with Gasteiger partial charge in [0.2, 0.25) is 0 Å². The highest BCUT2D eigenvalue weighted by atomic mass is 32.2. The van der Waals surface area contributed by atoms with Crippen molar-refractivity contribution >= 4 is 21.2 Å². The van der Waals surface area contributed by atoms with Gasteiger partial charge in [0.05, 0.1) is 22.6 Å². The van der Waals surface area contributed by atoms with E-state index < -0.39 is 9.84 Å². The number of likely N-dealkylation sites (tertiary alicyclic amines) is 1. The maximum atomic E-state index is 11.6. The van der Waals surface area contributed by atoms with Crippen molar-refractivity contribution in [3.8, 4) is 10.6 Å². The van der Waals surface area contributed by atoms with Crippen LogP contribution in [-0.4, -0.2) is 52.9 Å². The Labute approximate surface area is 146 Å². The monoisotopic (exact) mass is 366 g/mol. The summed E-state index contributed by atoms with van der Waals surface area (Å²) >= 11 is 1.70. The Morgan fingerprint density at radius 2 is 2.12 bits per heavy atom. The Bertz CT molecular complexity index is 806. The summed E-state index contributed by atoms with van der Waals surface area (Å²) in [6, 6.07) is 2.21. The molecule has 2 aromatic rings. The van der Waals surface area contributed by atoms with E-state index in [0.29, 0.717) is 12.3 Å². The number of thiophene rings is 1. The number of sulfone groups is 1. The first-order valence-electron chi connectivity index (χ1n) is 8.48. The lowest BCUT2D eigenvalue weighted by atomic mass is 10.1. The lowest BCUT2D eigenvalue weighted by Crippen LogP contribution is -2.17. The van der Waals surface area contributed by atoms with Crippen molar-refractivity contribution in [3.63, 3.8) is 0 Å². The molecule has 4 heterocycles. The summed E-state index contributed by atoms with van der Waals surface area (Å²) in [6.45, 7) is 4.06. The average molecular weight is 367 g/mol. The van der Waals surface area contributed by atoms with Crippen LogP contribution in [0.15, 0.2) is 17.6 Å². The van der Waals surface area contributed by atoms with Gasteiger partial charge >= 0.3 is 0 Å². The molecule has 2 aromatic heterocycles. The van der Waals surface area contributed by atoms with Crippen molar-refractivity contribution in [2.45, 2.75) is 32.4 Å². The van der Waals surface area contributed by atoms with Gasteiger partial charge in [0.1, 0.15) is 5.69 Å². The van der Waals surface area contributed by atoms with E-state index in [1.807, 2.05) is 6.20 Å². The fourth-order valence-corrected chi connectivity index (χ4v) is 6.28. The van der Waals surface area contributed by atoms with Gasteiger partial charge in [0.15, 0.2) is 9.84 Å². The largest absolute Gasteiger partial charge is 0.299 e. The highest BCUT2D eigenvalue weighted by molar-refractivity contribution is 7.91. The van der Waals surface area contributed by atoms with E-state index in [0.717, 1.165) is 23.5 Å². The van der Waals surface area contributed by atoms with E-state index in [1.54, 1.807) is 16.0 Å². The van der Waals surface area contributed by atoms with Crippen molar-refractivity contribution in [3.05, 3.63) is 23.2 Å². The van der Waals surface area contributed by atoms with E-state index in [-0.39, 0.29) is 11.7 Å². The molecule has 0 aromatic carbocycles. The third-order valence-corrected chi connectivity index (χ3v) is 7.66. The van der Waals surface area contributed by atoms with Gasteiger partial charge in [-0.2, -0.15) is 0 Å². The summed E-state index contributed by atoms with van der Waals surface area (Å²) in [5.74, 6) is 0.754. The first-order chi connectivity index (χ1) is 11.6. The number of nitrogens with zero attached hydrogens (tertiary/aromatic N) is 4. The van der Waals surface area contributed by atoms with Crippen LogP contribution in [-0.2, 0) is 22.9 Å². The Morgan fingerprint density at radius 1 is 1.29 bits per heavy atom.